The Morgan fingerprint density at radius 2 is 2.14 bits per heavy atom. The summed E-state index contributed by atoms with van der Waals surface area (Å²) in [6, 6.07) is 0. The van der Waals surface area contributed by atoms with Gasteiger partial charge in [0.15, 0.2) is 11.5 Å². The highest BCUT2D eigenvalue weighted by molar-refractivity contribution is 6.28. The number of hydrogen-bond donors (Lipinski definition) is 4. The Balaban J connectivity index is 1.93. The van der Waals surface area contributed by atoms with Crippen molar-refractivity contribution in [3.63, 3.8) is 0 Å². The number of hydrogen-bond acceptors (Lipinski definition) is 7. The first-order valence-corrected chi connectivity index (χ1v) is 7.37. The summed E-state index contributed by atoms with van der Waals surface area (Å²) in [4.78, 5) is 12.2. The molecule has 0 amide bonds. The number of aliphatic hydroxyl groups is 3. The van der Waals surface area contributed by atoms with Gasteiger partial charge in [-0.05, 0) is 30.9 Å². The van der Waals surface area contributed by atoms with Crippen LogP contribution in [0, 0.1) is 11.3 Å². The summed E-state index contributed by atoms with van der Waals surface area (Å²) in [5.74, 6) is 0.0805. The second-order valence-electron chi connectivity index (χ2n) is 6.43. The van der Waals surface area contributed by atoms with E-state index in [1.807, 2.05) is 6.92 Å². The highest BCUT2D eigenvalue weighted by atomic mass is 35.5. The number of nitrogens with zero attached hydrogens (tertiary/aromatic N) is 4. The molecule has 22 heavy (non-hydrogen) atoms. The van der Waals surface area contributed by atoms with E-state index in [1.165, 1.54) is 6.33 Å². The molecule has 0 saturated heterocycles. The van der Waals surface area contributed by atoms with Crippen molar-refractivity contribution in [1.29, 1.82) is 0 Å². The lowest BCUT2D eigenvalue weighted by Gasteiger charge is -2.34. The number of nitrogens with two attached hydrogens (primary N) is 1. The first kappa shape index (κ1) is 14.1. The third-order valence-electron chi connectivity index (χ3n) is 5.52. The zero-order chi connectivity index (χ0) is 15.9. The predicted octanol–water partition coefficient (Wildman–Crippen LogP) is -0.489. The van der Waals surface area contributed by atoms with Crippen LogP contribution in [-0.2, 0) is 5.54 Å². The third kappa shape index (κ3) is 1.41. The number of nitrogen functional groups attached to an aromatic ring is 1. The van der Waals surface area contributed by atoms with Crippen molar-refractivity contribution in [2.24, 2.45) is 11.3 Å². The Hall–Kier alpha value is -1.48. The van der Waals surface area contributed by atoms with Gasteiger partial charge >= 0.3 is 0 Å². The first-order valence-electron chi connectivity index (χ1n) is 7.00. The fourth-order valence-electron chi connectivity index (χ4n) is 4.10. The number of halogens is 1. The maximum atomic E-state index is 10.6. The number of aromatic nitrogens is 4. The Kier molecular flexibility index (Phi) is 2.62. The molecule has 118 valence electrons. The summed E-state index contributed by atoms with van der Waals surface area (Å²) >= 11 is 5.88. The summed E-state index contributed by atoms with van der Waals surface area (Å²) in [5, 5.41) is 30.5. The lowest BCUT2D eigenvalue weighted by atomic mass is 9.91. The van der Waals surface area contributed by atoms with Crippen molar-refractivity contribution < 1.29 is 15.3 Å². The summed E-state index contributed by atoms with van der Waals surface area (Å²) in [5.41, 5.74) is 5.11. The van der Waals surface area contributed by atoms with Crippen molar-refractivity contribution in [3.8, 4) is 0 Å². The Morgan fingerprint density at radius 3 is 2.77 bits per heavy atom. The van der Waals surface area contributed by atoms with Crippen molar-refractivity contribution in [2.45, 2.75) is 31.1 Å². The molecule has 2 heterocycles. The Bertz CT molecular complexity index is 782. The van der Waals surface area contributed by atoms with E-state index in [0.29, 0.717) is 17.6 Å². The predicted molar refractivity (Wildman–Crippen MR) is 78.0 cm³/mol. The molecule has 2 fully saturated rings. The van der Waals surface area contributed by atoms with Crippen LogP contribution in [-0.4, -0.2) is 53.7 Å². The van der Waals surface area contributed by atoms with E-state index in [2.05, 4.69) is 15.0 Å². The fourth-order valence-corrected chi connectivity index (χ4v) is 4.27. The second-order valence-corrected chi connectivity index (χ2v) is 6.77. The van der Waals surface area contributed by atoms with Crippen molar-refractivity contribution in [3.05, 3.63) is 11.6 Å². The van der Waals surface area contributed by atoms with E-state index in [9.17, 15) is 15.3 Å². The van der Waals surface area contributed by atoms with Gasteiger partial charge in [-0.25, -0.2) is 4.98 Å². The third-order valence-corrected chi connectivity index (χ3v) is 5.69. The fraction of sp³-hybridized carbons (Fsp3) is 0.615. The van der Waals surface area contributed by atoms with E-state index < -0.39 is 23.2 Å². The van der Waals surface area contributed by atoms with Gasteiger partial charge in [-0.1, -0.05) is 0 Å². The molecule has 2 aliphatic rings. The molecule has 0 spiro atoms. The lowest BCUT2D eigenvalue weighted by molar-refractivity contribution is -0.0514. The molecule has 4 rings (SSSR count). The van der Waals surface area contributed by atoms with Crippen LogP contribution in [0.15, 0.2) is 6.33 Å². The molecule has 0 radical (unpaired) electrons. The second kappa shape index (κ2) is 4.08. The Morgan fingerprint density at radius 1 is 1.41 bits per heavy atom. The standard InChI is InChI=1S/C13H16ClN5O3/c1-12(5-2-13(5,3-20)8(22)7(12)21)19-4-16-6-9(15)17-11(14)18-10(6)19/h4-5,7-8,20-22H,2-3H2,1H3,(H2,15,17,18). The molecule has 5 atom stereocenters. The number of rotatable bonds is 2. The largest absolute Gasteiger partial charge is 0.396 e. The minimum Gasteiger partial charge on any atom is -0.396 e. The first-order chi connectivity index (χ1) is 10.4. The molecule has 2 aromatic heterocycles. The molecule has 0 aromatic carbocycles. The molecule has 0 bridgehead atoms. The molecule has 0 aliphatic heterocycles. The minimum absolute atomic E-state index is 0.00685. The van der Waals surface area contributed by atoms with Crippen LogP contribution in [0.5, 0.6) is 0 Å². The molecule has 2 aromatic rings. The summed E-state index contributed by atoms with van der Waals surface area (Å²) in [6.07, 6.45) is 0.102. The molecular formula is C13H16ClN5O3. The van der Waals surface area contributed by atoms with Crippen LogP contribution in [0.4, 0.5) is 5.82 Å². The van der Waals surface area contributed by atoms with E-state index >= 15 is 0 Å². The maximum Gasteiger partial charge on any atom is 0.226 e. The monoisotopic (exact) mass is 325 g/mol. The average molecular weight is 326 g/mol. The van der Waals surface area contributed by atoms with Crippen LogP contribution in [0.3, 0.4) is 0 Å². The van der Waals surface area contributed by atoms with Crippen LogP contribution in [0.1, 0.15) is 13.3 Å². The van der Waals surface area contributed by atoms with Crippen LogP contribution < -0.4 is 5.73 Å². The van der Waals surface area contributed by atoms with Crippen molar-refractivity contribution in [2.75, 3.05) is 12.3 Å². The molecule has 2 saturated carbocycles. The van der Waals surface area contributed by atoms with Gasteiger partial charge in [0.1, 0.15) is 11.6 Å². The smallest absolute Gasteiger partial charge is 0.226 e. The quantitative estimate of drug-likeness (QED) is 0.548. The molecule has 8 nitrogen and oxygen atoms in total. The van der Waals surface area contributed by atoms with E-state index in [1.54, 1.807) is 4.57 Å². The summed E-state index contributed by atoms with van der Waals surface area (Å²) in [7, 11) is 0. The summed E-state index contributed by atoms with van der Waals surface area (Å²) < 4.78 is 1.69. The SMILES string of the molecule is CC1(n2cnc3c(N)nc(Cl)nc32)C(O)C(O)C2(CO)CC21. The van der Waals surface area contributed by atoms with Crippen molar-refractivity contribution in [1.82, 2.24) is 19.5 Å². The van der Waals surface area contributed by atoms with Gasteiger partial charge < -0.3 is 25.6 Å². The average Bonchev–Trinajstić information content (AvgIpc) is 3.05. The van der Waals surface area contributed by atoms with E-state index in [0.717, 1.165) is 0 Å². The van der Waals surface area contributed by atoms with Gasteiger partial charge in [-0.2, -0.15) is 9.97 Å². The van der Waals surface area contributed by atoms with Gasteiger partial charge in [0, 0.05) is 5.41 Å². The maximum absolute atomic E-state index is 10.6. The van der Waals surface area contributed by atoms with Gasteiger partial charge in [-0.15, -0.1) is 0 Å². The van der Waals surface area contributed by atoms with Gasteiger partial charge in [0.25, 0.3) is 0 Å². The molecular weight excluding hydrogens is 310 g/mol. The molecule has 5 N–H and O–H groups in total. The van der Waals surface area contributed by atoms with E-state index in [-0.39, 0.29) is 23.6 Å². The van der Waals surface area contributed by atoms with Gasteiger partial charge in [0.2, 0.25) is 5.28 Å². The summed E-state index contributed by atoms with van der Waals surface area (Å²) in [6.45, 7) is 1.65. The molecule has 9 heteroatoms. The Labute approximate surface area is 130 Å². The number of fused-ring (bicyclic) bond motifs is 2. The number of anilines is 1. The van der Waals surface area contributed by atoms with E-state index in [4.69, 9.17) is 17.3 Å². The normalized spacial score (nSPS) is 40.1. The number of aliphatic hydroxyl groups excluding tert-OH is 3. The zero-order valence-corrected chi connectivity index (χ0v) is 12.6. The topological polar surface area (TPSA) is 130 Å². The lowest BCUT2D eigenvalue weighted by Crippen LogP contribution is -2.46. The molecule has 5 unspecified atom stereocenters. The van der Waals surface area contributed by atoms with Crippen molar-refractivity contribution >= 4 is 28.6 Å². The zero-order valence-electron chi connectivity index (χ0n) is 11.8. The van der Waals surface area contributed by atoms with Gasteiger partial charge in [-0.3, -0.25) is 0 Å². The van der Waals surface area contributed by atoms with Crippen LogP contribution >= 0.6 is 11.6 Å². The number of imidazole rings is 1. The highest BCUT2D eigenvalue weighted by Gasteiger charge is 2.76. The van der Waals surface area contributed by atoms with Gasteiger partial charge in [0.05, 0.1) is 24.6 Å². The highest BCUT2D eigenvalue weighted by Crippen LogP contribution is 2.69. The molecule has 2 aliphatic carbocycles. The van der Waals surface area contributed by atoms with Crippen LogP contribution in [0.2, 0.25) is 5.28 Å². The van der Waals surface area contributed by atoms with Crippen LogP contribution in [0.25, 0.3) is 11.2 Å². The minimum atomic E-state index is -1.05.